The Balaban J connectivity index is 1.46. The van der Waals surface area contributed by atoms with Gasteiger partial charge in [-0.05, 0) is 38.1 Å². The summed E-state index contributed by atoms with van der Waals surface area (Å²) in [7, 11) is 3.07. The third-order valence-corrected chi connectivity index (χ3v) is 11.0. The summed E-state index contributed by atoms with van der Waals surface area (Å²) in [6.45, 7) is 7.46. The van der Waals surface area contributed by atoms with Crippen LogP contribution < -0.4 is 11.1 Å². The van der Waals surface area contributed by atoms with E-state index in [-0.39, 0.29) is 29.3 Å². The van der Waals surface area contributed by atoms with E-state index in [4.69, 9.17) is 5.73 Å². The Labute approximate surface area is 295 Å². The number of nitrogens with zero attached hydrogens (tertiary/aromatic N) is 1. The number of likely N-dealkylation sites (N-methyl/N-ethyl adjacent to an activating group) is 1. The number of ketones is 2. The number of hydrogen-bond donors (Lipinski definition) is 7. The number of rotatable bonds is 17. The average Bonchev–Trinajstić information content (AvgIpc) is 3.05. The maximum Gasteiger partial charge on any atom is 0.224 e. The second kappa shape index (κ2) is 16.6. The third-order valence-electron chi connectivity index (χ3n) is 11.0. The van der Waals surface area contributed by atoms with Crippen molar-refractivity contribution in [1.82, 2.24) is 4.90 Å². The maximum atomic E-state index is 14.2. The standard InChI is InChI=1S/C39H57N3O8/c1-6-7-8-9-10-11-12-13-14-15-16-17-18-19-26(43)41-25-21-20-24-22(2)27-30(34(45)29(24)33(25)44)38(49)39(50)31(35(27)46)32(42(4)5)36(47)28(23(3)40)37(39)48/h20-22,27,31-32,35,44-46,48,50H,3,6-19,40H2,1-2,4-5H3,(H,41,43)/t22-,27?,31?,32-,35?,39+/m0/s1. The minimum atomic E-state index is -2.83. The molecular weight excluding hydrogens is 638 g/mol. The number of aliphatic hydroxyl groups is 4. The molecule has 1 aromatic carbocycles. The van der Waals surface area contributed by atoms with Crippen LogP contribution in [0, 0.1) is 11.8 Å². The molecule has 3 aliphatic rings. The normalized spacial score (nSPS) is 26.2. The third kappa shape index (κ3) is 7.36. The number of aliphatic hydroxyl groups excluding tert-OH is 3. The van der Waals surface area contributed by atoms with Crippen LogP contribution >= 0.6 is 0 Å². The Kier molecular flexibility index (Phi) is 13.0. The Morgan fingerprint density at radius 3 is 2.00 bits per heavy atom. The number of fused-ring (bicyclic) bond motifs is 3. The summed E-state index contributed by atoms with van der Waals surface area (Å²) in [5.74, 6) is -7.63. The van der Waals surface area contributed by atoms with Crippen LogP contribution in [-0.2, 0) is 14.4 Å². The van der Waals surface area contributed by atoms with E-state index in [1.807, 2.05) is 0 Å². The molecule has 276 valence electrons. The van der Waals surface area contributed by atoms with Gasteiger partial charge in [-0.2, -0.15) is 0 Å². The van der Waals surface area contributed by atoms with Crippen molar-refractivity contribution in [3.63, 3.8) is 0 Å². The highest BCUT2D eigenvalue weighted by atomic mass is 16.4. The van der Waals surface area contributed by atoms with Crippen molar-refractivity contribution in [2.75, 3.05) is 19.4 Å². The molecule has 0 heterocycles. The van der Waals surface area contributed by atoms with Gasteiger partial charge < -0.3 is 36.6 Å². The lowest BCUT2D eigenvalue weighted by atomic mass is 9.54. The first-order valence-electron chi connectivity index (χ1n) is 18.3. The lowest BCUT2D eigenvalue weighted by molar-refractivity contribution is -0.169. The van der Waals surface area contributed by atoms with Crippen LogP contribution in [0.5, 0.6) is 5.75 Å². The zero-order chi connectivity index (χ0) is 36.9. The van der Waals surface area contributed by atoms with Gasteiger partial charge >= 0.3 is 0 Å². The van der Waals surface area contributed by atoms with Crippen LogP contribution in [0.15, 0.2) is 41.3 Å². The molecule has 50 heavy (non-hydrogen) atoms. The van der Waals surface area contributed by atoms with Gasteiger partial charge in [-0.3, -0.25) is 19.3 Å². The molecule has 3 aliphatic carbocycles. The molecule has 0 radical (unpaired) electrons. The van der Waals surface area contributed by atoms with Gasteiger partial charge in [0.25, 0.3) is 0 Å². The van der Waals surface area contributed by atoms with Gasteiger partial charge in [0.2, 0.25) is 11.7 Å². The smallest absolute Gasteiger partial charge is 0.224 e. The highest BCUT2D eigenvalue weighted by molar-refractivity contribution is 6.15. The Hall–Kier alpha value is -3.67. The molecule has 0 spiro atoms. The maximum absolute atomic E-state index is 14.2. The van der Waals surface area contributed by atoms with Crippen molar-refractivity contribution < 1.29 is 39.9 Å². The van der Waals surface area contributed by atoms with Crippen molar-refractivity contribution in [3.8, 4) is 5.75 Å². The highest BCUT2D eigenvalue weighted by Crippen LogP contribution is 2.57. The van der Waals surface area contributed by atoms with Crippen LogP contribution in [0.2, 0.25) is 0 Å². The van der Waals surface area contributed by atoms with Crippen LogP contribution in [0.1, 0.15) is 121 Å². The fourth-order valence-corrected chi connectivity index (χ4v) is 8.31. The number of aromatic hydroxyl groups is 1. The van der Waals surface area contributed by atoms with Gasteiger partial charge in [0, 0.05) is 23.6 Å². The summed E-state index contributed by atoms with van der Waals surface area (Å²) in [5.41, 5.74) is 2.02. The van der Waals surface area contributed by atoms with Crippen LogP contribution in [0.25, 0.3) is 5.76 Å². The van der Waals surface area contributed by atoms with E-state index in [1.54, 1.807) is 13.0 Å². The Morgan fingerprint density at radius 2 is 1.48 bits per heavy atom. The first-order valence-corrected chi connectivity index (χ1v) is 18.3. The van der Waals surface area contributed by atoms with Gasteiger partial charge in [0.1, 0.15) is 17.3 Å². The fourth-order valence-electron chi connectivity index (χ4n) is 8.31. The number of Topliss-reactive ketones (excluding diaryl/α,β-unsaturated/α-hetero) is 2. The molecule has 11 heteroatoms. The zero-order valence-corrected chi connectivity index (χ0v) is 30.1. The van der Waals surface area contributed by atoms with Gasteiger partial charge in [0.15, 0.2) is 11.4 Å². The zero-order valence-electron chi connectivity index (χ0n) is 30.1. The lowest BCUT2D eigenvalue weighted by Gasteiger charge is -2.54. The quantitative estimate of drug-likeness (QED) is 0.0762. The highest BCUT2D eigenvalue weighted by Gasteiger charge is 2.68. The second-order valence-electron chi connectivity index (χ2n) is 14.7. The van der Waals surface area contributed by atoms with E-state index in [9.17, 15) is 39.9 Å². The predicted molar refractivity (Wildman–Crippen MR) is 193 cm³/mol. The summed E-state index contributed by atoms with van der Waals surface area (Å²) in [6, 6.07) is 1.86. The SMILES string of the molecule is C=C(N)C1=C(O)[C@@]2(O)C(=O)C3=C(O)c4c(ccc(NC(=O)CCCCCCCCCCCCCCC)c4O)[C@H](C)C3C(O)C2[C@H](N(C)C)C1=O. The van der Waals surface area contributed by atoms with E-state index in [0.29, 0.717) is 12.0 Å². The van der Waals surface area contributed by atoms with Crippen molar-refractivity contribution in [2.24, 2.45) is 17.6 Å². The van der Waals surface area contributed by atoms with Gasteiger partial charge in [-0.1, -0.05) is 104 Å². The molecule has 3 unspecified atom stereocenters. The number of nitrogens with one attached hydrogen (secondary N) is 1. The van der Waals surface area contributed by atoms with Gasteiger partial charge in [0.05, 0.1) is 34.9 Å². The number of carbonyl (C=O) groups excluding carboxylic acids is 3. The van der Waals surface area contributed by atoms with Crippen molar-refractivity contribution in [1.29, 1.82) is 0 Å². The molecule has 1 fully saturated rings. The van der Waals surface area contributed by atoms with E-state index in [0.717, 1.165) is 19.3 Å². The Morgan fingerprint density at radius 1 is 0.940 bits per heavy atom. The van der Waals surface area contributed by atoms with Crippen molar-refractivity contribution >= 4 is 28.9 Å². The fraction of sp³-hybridized carbons (Fsp3) is 0.615. The summed E-state index contributed by atoms with van der Waals surface area (Å²) in [5, 5.41) is 60.6. The summed E-state index contributed by atoms with van der Waals surface area (Å²) < 4.78 is 0. The molecule has 11 nitrogen and oxygen atoms in total. The first kappa shape index (κ1) is 39.1. The monoisotopic (exact) mass is 695 g/mol. The van der Waals surface area contributed by atoms with Crippen LogP contribution in [0.4, 0.5) is 5.69 Å². The summed E-state index contributed by atoms with van der Waals surface area (Å²) >= 11 is 0. The first-order chi connectivity index (χ1) is 23.7. The Bertz CT molecular complexity index is 1530. The molecule has 0 aromatic heterocycles. The minimum absolute atomic E-state index is 0.0436. The molecule has 6 atom stereocenters. The number of amides is 1. The lowest BCUT2D eigenvalue weighted by Crippen LogP contribution is -2.70. The molecule has 0 aliphatic heterocycles. The van der Waals surface area contributed by atoms with Gasteiger partial charge in [-0.15, -0.1) is 0 Å². The van der Waals surface area contributed by atoms with Crippen molar-refractivity contribution in [3.05, 3.63) is 52.4 Å². The predicted octanol–water partition coefficient (Wildman–Crippen LogP) is 5.90. The molecular formula is C39H57N3O8. The number of carbonyl (C=O) groups is 3. The van der Waals surface area contributed by atoms with E-state index in [1.165, 1.54) is 82.8 Å². The van der Waals surface area contributed by atoms with E-state index in [2.05, 4.69) is 18.8 Å². The molecule has 4 rings (SSSR count). The minimum Gasteiger partial charge on any atom is -0.508 e. The molecule has 8 N–H and O–H groups in total. The molecule has 0 bridgehead atoms. The molecule has 1 amide bonds. The number of benzene rings is 1. The largest absolute Gasteiger partial charge is 0.508 e. The molecule has 1 saturated carbocycles. The topological polar surface area (TPSA) is 194 Å². The van der Waals surface area contributed by atoms with E-state index < -0.39 is 75.5 Å². The van der Waals surface area contributed by atoms with Crippen molar-refractivity contribution in [2.45, 2.75) is 127 Å². The second-order valence-corrected chi connectivity index (χ2v) is 14.7. The summed E-state index contributed by atoms with van der Waals surface area (Å²) in [4.78, 5) is 42.0. The number of hydrogen-bond acceptors (Lipinski definition) is 10. The average molecular weight is 696 g/mol. The number of anilines is 1. The van der Waals surface area contributed by atoms with Gasteiger partial charge in [-0.25, -0.2) is 0 Å². The number of allylic oxidation sites excluding steroid dienone is 1. The molecule has 1 aromatic rings. The number of unbranched alkanes of at least 4 members (excludes halogenated alkanes) is 12. The van der Waals surface area contributed by atoms with Crippen LogP contribution in [0.3, 0.4) is 0 Å². The number of nitrogens with two attached hydrogens (primary N) is 1. The number of phenols is 1. The van der Waals surface area contributed by atoms with E-state index >= 15 is 0 Å². The van der Waals surface area contributed by atoms with Crippen LogP contribution in [-0.4, -0.2) is 79.7 Å². The molecule has 0 saturated heterocycles. The number of phenolic OH excluding ortho intramolecular Hbond substituents is 1. The summed E-state index contributed by atoms with van der Waals surface area (Å²) in [6.07, 6.45) is 14.1.